The normalized spacial score (nSPS) is 20.3. The molecule has 0 aliphatic carbocycles. The Morgan fingerprint density at radius 3 is 2.96 bits per heavy atom. The first-order chi connectivity index (χ1) is 13.6. The van der Waals surface area contributed by atoms with Gasteiger partial charge in [0.05, 0.1) is 6.61 Å². The molecular formula is C21H28N4O3. The van der Waals surface area contributed by atoms with E-state index in [-0.39, 0.29) is 12.0 Å². The van der Waals surface area contributed by atoms with E-state index in [1.807, 2.05) is 25.3 Å². The lowest BCUT2D eigenvalue weighted by atomic mass is 9.87. The average Bonchev–Trinajstić information content (AvgIpc) is 3.35. The van der Waals surface area contributed by atoms with Crippen LogP contribution in [0.5, 0.6) is 11.5 Å². The molecule has 7 heteroatoms. The van der Waals surface area contributed by atoms with Gasteiger partial charge in [-0.1, -0.05) is 0 Å². The molecule has 4 rings (SSSR count). The first-order valence-corrected chi connectivity index (χ1v) is 10.1. The maximum Gasteiger partial charge on any atom is 0.248 e. The molecule has 2 aliphatic heterocycles. The summed E-state index contributed by atoms with van der Waals surface area (Å²) in [6.07, 6.45) is 6.09. The minimum Gasteiger partial charge on any atom is -0.494 e. The highest BCUT2D eigenvalue weighted by atomic mass is 16.5. The van der Waals surface area contributed by atoms with Crippen LogP contribution < -0.4 is 20.1 Å². The zero-order valence-corrected chi connectivity index (χ0v) is 16.5. The molecule has 0 spiro atoms. The average molecular weight is 384 g/mol. The van der Waals surface area contributed by atoms with Gasteiger partial charge in [0.1, 0.15) is 23.1 Å². The number of hydrogen-bond donors (Lipinski definition) is 2. The van der Waals surface area contributed by atoms with Crippen molar-refractivity contribution in [2.24, 2.45) is 0 Å². The van der Waals surface area contributed by atoms with Gasteiger partial charge in [0.2, 0.25) is 5.91 Å². The number of rotatable bonds is 6. The molecule has 2 aliphatic rings. The van der Waals surface area contributed by atoms with Gasteiger partial charge in [-0.15, -0.1) is 0 Å². The van der Waals surface area contributed by atoms with Crippen molar-refractivity contribution in [2.75, 3.05) is 19.7 Å². The lowest BCUT2D eigenvalue weighted by Gasteiger charge is -2.36. The summed E-state index contributed by atoms with van der Waals surface area (Å²) >= 11 is 0. The van der Waals surface area contributed by atoms with E-state index in [1.165, 1.54) is 0 Å². The van der Waals surface area contributed by atoms with Crippen LogP contribution in [-0.4, -0.2) is 41.5 Å². The maximum absolute atomic E-state index is 13.3. The molecule has 1 aromatic heterocycles. The van der Waals surface area contributed by atoms with Gasteiger partial charge >= 0.3 is 0 Å². The molecule has 150 valence electrons. The molecule has 0 bridgehead atoms. The molecule has 2 N–H and O–H groups in total. The van der Waals surface area contributed by atoms with E-state index >= 15 is 0 Å². The molecule has 28 heavy (non-hydrogen) atoms. The summed E-state index contributed by atoms with van der Waals surface area (Å²) < 4.78 is 13.5. The first-order valence-electron chi connectivity index (χ1n) is 10.1. The Morgan fingerprint density at radius 2 is 2.25 bits per heavy atom. The van der Waals surface area contributed by atoms with E-state index in [9.17, 15) is 4.79 Å². The zero-order chi connectivity index (χ0) is 19.6. The number of hydrogen-bond acceptors (Lipinski definition) is 5. The minimum atomic E-state index is -0.651. The van der Waals surface area contributed by atoms with Gasteiger partial charge < -0.3 is 20.1 Å². The molecule has 1 fully saturated rings. The van der Waals surface area contributed by atoms with Crippen LogP contribution in [0.2, 0.25) is 0 Å². The Labute approximate surface area is 165 Å². The number of piperidine rings is 1. The van der Waals surface area contributed by atoms with Crippen molar-refractivity contribution >= 4 is 5.91 Å². The van der Waals surface area contributed by atoms with Crippen LogP contribution in [0.3, 0.4) is 0 Å². The molecule has 1 aromatic carbocycles. The molecular weight excluding hydrogens is 356 g/mol. The van der Waals surface area contributed by atoms with Crippen molar-refractivity contribution in [1.82, 2.24) is 20.4 Å². The smallest absolute Gasteiger partial charge is 0.248 e. The highest BCUT2D eigenvalue weighted by molar-refractivity contribution is 5.84. The lowest BCUT2D eigenvalue weighted by molar-refractivity contribution is -0.132. The summed E-state index contributed by atoms with van der Waals surface area (Å²) in [5, 5.41) is 10.8. The minimum absolute atomic E-state index is 0.00469. The summed E-state index contributed by atoms with van der Waals surface area (Å²) in [5.41, 5.74) is 1.45. The number of fused-ring (bicyclic) bond motifs is 1. The Bertz CT molecular complexity index is 828. The fourth-order valence-electron chi connectivity index (χ4n) is 4.17. The summed E-state index contributed by atoms with van der Waals surface area (Å²) in [5.74, 6) is 1.71. The predicted molar refractivity (Wildman–Crippen MR) is 106 cm³/mol. The number of nitrogens with zero attached hydrogens (tertiary/aromatic N) is 2. The van der Waals surface area contributed by atoms with Crippen LogP contribution in [0.15, 0.2) is 30.6 Å². The SMILES string of the molecule is CCOc1cc2c(cc1CNC(=O)C1(n3cccn3)CCNCC1)OC(C)C2. The lowest BCUT2D eigenvalue weighted by Crippen LogP contribution is -2.54. The molecule has 3 heterocycles. The van der Waals surface area contributed by atoms with Gasteiger partial charge in [-0.3, -0.25) is 9.48 Å². The summed E-state index contributed by atoms with van der Waals surface area (Å²) in [6.45, 7) is 6.60. The Hall–Kier alpha value is -2.54. The molecule has 1 amide bonds. The third-order valence-corrected chi connectivity index (χ3v) is 5.61. The Kier molecular flexibility index (Phi) is 5.26. The topological polar surface area (TPSA) is 77.4 Å². The number of benzene rings is 1. The first kappa shape index (κ1) is 18.8. The zero-order valence-electron chi connectivity index (χ0n) is 16.5. The molecule has 7 nitrogen and oxygen atoms in total. The number of ether oxygens (including phenoxy) is 2. The summed E-state index contributed by atoms with van der Waals surface area (Å²) in [7, 11) is 0. The van der Waals surface area contributed by atoms with E-state index in [2.05, 4.69) is 28.7 Å². The predicted octanol–water partition coefficient (Wildman–Crippen LogP) is 2.00. The molecule has 1 saturated heterocycles. The van der Waals surface area contributed by atoms with E-state index in [1.54, 1.807) is 10.9 Å². The third kappa shape index (κ3) is 3.46. The van der Waals surface area contributed by atoms with Gasteiger partial charge in [-0.25, -0.2) is 0 Å². The quantitative estimate of drug-likeness (QED) is 0.797. The monoisotopic (exact) mass is 384 g/mol. The number of amides is 1. The van der Waals surface area contributed by atoms with Crippen LogP contribution in [0.25, 0.3) is 0 Å². The van der Waals surface area contributed by atoms with Crippen LogP contribution in [0.4, 0.5) is 0 Å². The van der Waals surface area contributed by atoms with Gasteiger partial charge in [0, 0.05) is 36.5 Å². The third-order valence-electron chi connectivity index (χ3n) is 5.61. The van der Waals surface area contributed by atoms with Crippen LogP contribution in [-0.2, 0) is 23.3 Å². The molecule has 0 radical (unpaired) electrons. The largest absolute Gasteiger partial charge is 0.494 e. The van der Waals surface area contributed by atoms with Crippen molar-refractivity contribution in [3.63, 3.8) is 0 Å². The van der Waals surface area contributed by atoms with E-state index < -0.39 is 5.54 Å². The molecule has 2 aromatic rings. The van der Waals surface area contributed by atoms with Crippen molar-refractivity contribution < 1.29 is 14.3 Å². The fraction of sp³-hybridized carbons (Fsp3) is 0.524. The van der Waals surface area contributed by atoms with Crippen molar-refractivity contribution in [3.05, 3.63) is 41.7 Å². The summed E-state index contributed by atoms with van der Waals surface area (Å²) in [6, 6.07) is 5.92. The summed E-state index contributed by atoms with van der Waals surface area (Å²) in [4.78, 5) is 13.3. The second kappa shape index (κ2) is 7.83. The second-order valence-electron chi connectivity index (χ2n) is 7.55. The van der Waals surface area contributed by atoms with Crippen LogP contribution >= 0.6 is 0 Å². The number of carbonyl (C=O) groups is 1. The highest BCUT2D eigenvalue weighted by Gasteiger charge is 2.41. The van der Waals surface area contributed by atoms with Crippen molar-refractivity contribution in [3.8, 4) is 11.5 Å². The highest BCUT2D eigenvalue weighted by Crippen LogP contribution is 2.35. The second-order valence-corrected chi connectivity index (χ2v) is 7.55. The fourth-order valence-corrected chi connectivity index (χ4v) is 4.17. The van der Waals surface area contributed by atoms with E-state index in [0.29, 0.717) is 26.0 Å². The van der Waals surface area contributed by atoms with E-state index in [4.69, 9.17) is 9.47 Å². The van der Waals surface area contributed by atoms with Crippen LogP contribution in [0, 0.1) is 0 Å². The number of aromatic nitrogens is 2. The molecule has 1 atom stereocenters. The van der Waals surface area contributed by atoms with Gasteiger partial charge in [0.25, 0.3) is 0 Å². The molecule has 1 unspecified atom stereocenters. The van der Waals surface area contributed by atoms with Crippen molar-refractivity contribution in [2.45, 2.75) is 51.3 Å². The molecule has 0 saturated carbocycles. The maximum atomic E-state index is 13.3. The van der Waals surface area contributed by atoms with Crippen LogP contribution in [0.1, 0.15) is 37.8 Å². The number of carbonyl (C=O) groups excluding carboxylic acids is 1. The van der Waals surface area contributed by atoms with E-state index in [0.717, 1.165) is 42.1 Å². The van der Waals surface area contributed by atoms with Crippen molar-refractivity contribution in [1.29, 1.82) is 0 Å². The Morgan fingerprint density at radius 1 is 1.43 bits per heavy atom. The van der Waals surface area contributed by atoms with Gasteiger partial charge in [-0.2, -0.15) is 5.10 Å². The van der Waals surface area contributed by atoms with Gasteiger partial charge in [0.15, 0.2) is 0 Å². The Balaban J connectivity index is 1.55. The van der Waals surface area contributed by atoms with Gasteiger partial charge in [-0.05, 0) is 58.0 Å². The standard InChI is InChI=1S/C21H28N4O3/c1-3-27-18-12-16-11-15(2)28-19(16)13-17(18)14-23-20(26)21(5-8-22-9-6-21)25-10-4-7-24-25/h4,7,10,12-13,15,22H,3,5-6,8-9,11,14H2,1-2H3,(H,23,26). The number of nitrogens with one attached hydrogen (secondary N) is 2.